The van der Waals surface area contributed by atoms with Crippen LogP contribution >= 0.6 is 0 Å². The number of cyclic esters (lactones) is 1. The molecule has 0 saturated carbocycles. The lowest BCUT2D eigenvalue weighted by Crippen LogP contribution is -2.05. The van der Waals surface area contributed by atoms with Gasteiger partial charge in [-0.25, -0.2) is 0 Å². The summed E-state index contributed by atoms with van der Waals surface area (Å²) in [7, 11) is 0. The molecule has 0 aromatic carbocycles. The number of carbonyl (C=O) groups excluding carboxylic acids is 1. The van der Waals surface area contributed by atoms with Crippen molar-refractivity contribution >= 4 is 5.97 Å². The van der Waals surface area contributed by atoms with Crippen molar-refractivity contribution in [3.63, 3.8) is 0 Å². The van der Waals surface area contributed by atoms with Gasteiger partial charge in [0, 0.05) is 6.42 Å². The summed E-state index contributed by atoms with van der Waals surface area (Å²) in [5.74, 6) is 0.0281. The van der Waals surface area contributed by atoms with Gasteiger partial charge in [0.1, 0.15) is 0 Å². The Kier molecular flexibility index (Phi) is 23.1. The SMILES string of the molecule is O=C1CCCCCCCCCCCCCCCCCCCCCCCCCCCCCO1. The zero-order chi connectivity index (χ0) is 22.8. The summed E-state index contributed by atoms with van der Waals surface area (Å²) >= 11 is 0. The molecule has 1 rings (SSSR count). The summed E-state index contributed by atoms with van der Waals surface area (Å²) in [5, 5.41) is 0. The minimum absolute atomic E-state index is 0.0281. The Bertz CT molecular complexity index is 345. The Labute approximate surface area is 202 Å². The van der Waals surface area contributed by atoms with Gasteiger partial charge in [0.05, 0.1) is 6.61 Å². The molecule has 1 aliphatic heterocycles. The molecule has 0 spiro atoms. The van der Waals surface area contributed by atoms with Crippen LogP contribution in [0.15, 0.2) is 0 Å². The van der Waals surface area contributed by atoms with E-state index in [9.17, 15) is 4.79 Å². The standard InChI is InChI=1S/C30H58O2/c31-30-28-26-24-22-20-18-16-14-12-10-8-6-4-2-1-3-5-7-9-11-13-15-17-19-21-23-25-27-29-32-30/h1-29H2. The summed E-state index contributed by atoms with van der Waals surface area (Å²) < 4.78 is 5.41. The van der Waals surface area contributed by atoms with Crippen LogP contribution in [0.2, 0.25) is 0 Å². The first-order chi connectivity index (χ1) is 15.9. The van der Waals surface area contributed by atoms with E-state index in [0.29, 0.717) is 13.0 Å². The second-order valence-corrected chi connectivity index (χ2v) is 10.5. The smallest absolute Gasteiger partial charge is 0.305 e. The number of hydrogen-bond donors (Lipinski definition) is 0. The Balaban J connectivity index is 2.06. The third-order valence-electron chi connectivity index (χ3n) is 7.29. The maximum absolute atomic E-state index is 11.8. The van der Waals surface area contributed by atoms with E-state index in [1.54, 1.807) is 0 Å². The van der Waals surface area contributed by atoms with Crippen LogP contribution in [0.4, 0.5) is 0 Å². The predicted molar refractivity (Wildman–Crippen MR) is 140 cm³/mol. The van der Waals surface area contributed by atoms with Gasteiger partial charge in [0.2, 0.25) is 0 Å². The first-order valence-corrected chi connectivity index (χ1v) is 15.1. The van der Waals surface area contributed by atoms with Crippen molar-refractivity contribution in [1.82, 2.24) is 0 Å². The Morgan fingerprint density at radius 1 is 0.312 bits per heavy atom. The van der Waals surface area contributed by atoms with Gasteiger partial charge >= 0.3 is 5.97 Å². The lowest BCUT2D eigenvalue weighted by Gasteiger charge is -2.06. The first-order valence-electron chi connectivity index (χ1n) is 15.1. The molecule has 0 bridgehead atoms. The Hall–Kier alpha value is -0.530. The summed E-state index contributed by atoms with van der Waals surface area (Å²) in [6.45, 7) is 0.638. The summed E-state index contributed by atoms with van der Waals surface area (Å²) in [6, 6.07) is 0. The van der Waals surface area contributed by atoms with Gasteiger partial charge in [-0.05, 0) is 12.8 Å². The van der Waals surface area contributed by atoms with E-state index in [1.807, 2.05) is 0 Å². The quantitative estimate of drug-likeness (QED) is 0.343. The molecule has 1 fully saturated rings. The predicted octanol–water partition coefficient (Wildman–Crippen LogP) is 10.5. The highest BCUT2D eigenvalue weighted by molar-refractivity contribution is 5.69. The number of carbonyl (C=O) groups is 1. The molecule has 2 nitrogen and oxygen atoms in total. The summed E-state index contributed by atoms with van der Waals surface area (Å²) in [6.07, 6.45) is 37.8. The van der Waals surface area contributed by atoms with Crippen LogP contribution in [-0.2, 0) is 9.53 Å². The molecule has 0 amide bonds. The molecule has 1 saturated heterocycles. The molecule has 0 aromatic rings. The Morgan fingerprint density at radius 3 is 0.812 bits per heavy atom. The van der Waals surface area contributed by atoms with E-state index < -0.39 is 0 Å². The van der Waals surface area contributed by atoms with E-state index in [4.69, 9.17) is 4.74 Å². The van der Waals surface area contributed by atoms with Gasteiger partial charge in [-0.15, -0.1) is 0 Å². The highest BCUT2D eigenvalue weighted by atomic mass is 16.5. The van der Waals surface area contributed by atoms with E-state index in [-0.39, 0.29) is 5.97 Å². The van der Waals surface area contributed by atoms with E-state index in [2.05, 4.69) is 0 Å². The van der Waals surface area contributed by atoms with Gasteiger partial charge < -0.3 is 4.74 Å². The fourth-order valence-corrected chi connectivity index (χ4v) is 5.05. The molecule has 0 atom stereocenters. The van der Waals surface area contributed by atoms with Crippen LogP contribution in [0.3, 0.4) is 0 Å². The average molecular weight is 451 g/mol. The average Bonchev–Trinajstić information content (AvgIpc) is 2.79. The Morgan fingerprint density at radius 2 is 0.531 bits per heavy atom. The molecule has 1 heterocycles. The van der Waals surface area contributed by atoms with Crippen molar-refractivity contribution in [2.45, 2.75) is 180 Å². The van der Waals surface area contributed by atoms with Crippen LogP contribution in [0.25, 0.3) is 0 Å². The van der Waals surface area contributed by atoms with E-state index in [1.165, 1.54) is 161 Å². The van der Waals surface area contributed by atoms with Crippen molar-refractivity contribution < 1.29 is 9.53 Å². The molecule has 1 aliphatic rings. The van der Waals surface area contributed by atoms with Gasteiger partial charge in [0.25, 0.3) is 0 Å². The molecule has 0 N–H and O–H groups in total. The van der Waals surface area contributed by atoms with Gasteiger partial charge in [-0.1, -0.05) is 161 Å². The second kappa shape index (κ2) is 25.1. The number of hydrogen-bond acceptors (Lipinski definition) is 2. The zero-order valence-electron chi connectivity index (χ0n) is 21.8. The maximum atomic E-state index is 11.8. The van der Waals surface area contributed by atoms with E-state index in [0.717, 1.165) is 12.8 Å². The van der Waals surface area contributed by atoms with Crippen molar-refractivity contribution in [1.29, 1.82) is 0 Å². The van der Waals surface area contributed by atoms with Crippen LogP contribution in [0.5, 0.6) is 0 Å². The van der Waals surface area contributed by atoms with Gasteiger partial charge in [0.15, 0.2) is 0 Å². The van der Waals surface area contributed by atoms with Crippen LogP contribution < -0.4 is 0 Å². The molecule has 0 aromatic heterocycles. The normalized spacial score (nSPS) is 23.4. The maximum Gasteiger partial charge on any atom is 0.305 e. The monoisotopic (exact) mass is 450 g/mol. The molecular weight excluding hydrogens is 392 g/mol. The molecule has 190 valence electrons. The largest absolute Gasteiger partial charge is 0.466 e. The number of rotatable bonds is 0. The van der Waals surface area contributed by atoms with Gasteiger partial charge in [-0.3, -0.25) is 4.79 Å². The van der Waals surface area contributed by atoms with Crippen molar-refractivity contribution in [2.24, 2.45) is 0 Å². The molecule has 0 radical (unpaired) electrons. The third-order valence-corrected chi connectivity index (χ3v) is 7.29. The molecule has 32 heavy (non-hydrogen) atoms. The topological polar surface area (TPSA) is 26.3 Å². The molecular formula is C30H58O2. The number of esters is 1. The minimum atomic E-state index is 0.0281. The summed E-state index contributed by atoms with van der Waals surface area (Å²) in [4.78, 5) is 11.8. The van der Waals surface area contributed by atoms with E-state index >= 15 is 0 Å². The molecule has 0 aliphatic carbocycles. The highest BCUT2D eigenvalue weighted by Gasteiger charge is 2.03. The van der Waals surface area contributed by atoms with Gasteiger partial charge in [-0.2, -0.15) is 0 Å². The fourth-order valence-electron chi connectivity index (χ4n) is 5.05. The minimum Gasteiger partial charge on any atom is -0.466 e. The molecule has 2 heteroatoms. The van der Waals surface area contributed by atoms with Crippen LogP contribution in [0.1, 0.15) is 180 Å². The van der Waals surface area contributed by atoms with Crippen LogP contribution in [0, 0.1) is 0 Å². The van der Waals surface area contributed by atoms with Crippen LogP contribution in [-0.4, -0.2) is 12.6 Å². The highest BCUT2D eigenvalue weighted by Crippen LogP contribution is 2.16. The lowest BCUT2D eigenvalue weighted by molar-refractivity contribution is -0.143. The molecule has 0 unspecified atom stereocenters. The summed E-state index contributed by atoms with van der Waals surface area (Å²) in [5.41, 5.74) is 0. The second-order valence-electron chi connectivity index (χ2n) is 10.5. The fraction of sp³-hybridized carbons (Fsp3) is 0.967. The number of ether oxygens (including phenoxy) is 1. The third kappa shape index (κ3) is 22.7. The van der Waals surface area contributed by atoms with Crippen molar-refractivity contribution in [2.75, 3.05) is 6.61 Å². The lowest BCUT2D eigenvalue weighted by atomic mass is 10.0. The zero-order valence-corrected chi connectivity index (χ0v) is 21.8. The van der Waals surface area contributed by atoms with Crippen molar-refractivity contribution in [3.8, 4) is 0 Å². The van der Waals surface area contributed by atoms with Crippen molar-refractivity contribution in [3.05, 3.63) is 0 Å². The first kappa shape index (κ1) is 29.5.